The molecular weight excluding hydrogens is 442 g/mol. The van der Waals surface area contributed by atoms with E-state index in [1.54, 1.807) is 0 Å². The summed E-state index contributed by atoms with van der Waals surface area (Å²) in [6.45, 7) is 4.72. The monoisotopic (exact) mass is 468 g/mol. The Morgan fingerprint density at radius 2 is 2.12 bits per heavy atom. The van der Waals surface area contributed by atoms with Crippen LogP contribution in [-0.4, -0.2) is 49.8 Å². The number of hydrogen-bond acceptors (Lipinski definition) is 7. The lowest BCUT2D eigenvalue weighted by Gasteiger charge is -2.25. The van der Waals surface area contributed by atoms with Gasteiger partial charge in [0.2, 0.25) is 17.8 Å². The quantitative estimate of drug-likeness (QED) is 0.474. The van der Waals surface area contributed by atoms with Gasteiger partial charge in [0.05, 0.1) is 17.6 Å². The number of rotatable bonds is 6. The number of nitrogens with zero attached hydrogens (tertiary/aromatic N) is 5. The second-order valence-corrected chi connectivity index (χ2v) is 9.00. The standard InChI is InChI=1S/C23H26F2N8O/c1-12(2)16-10-20(32-31-16)29-21-15-8-13(24)9-17(15)28-23(30-21)33-7-3-4-18(33)22(34)27-14-5-6-19(25)26-11-14/h5-6,10-13,18H,3-4,7-9H2,1-2H3,(H,27,34)(H2,28,29,30,31,32)/t13?,18-/m1/s1. The van der Waals surface area contributed by atoms with E-state index in [2.05, 4.69) is 44.6 Å². The fraction of sp³-hybridized carbons (Fsp3) is 0.435. The summed E-state index contributed by atoms with van der Waals surface area (Å²) in [5.41, 5.74) is 2.77. The molecule has 3 aromatic rings. The van der Waals surface area contributed by atoms with Gasteiger partial charge in [0.1, 0.15) is 18.0 Å². The third kappa shape index (κ3) is 4.42. The van der Waals surface area contributed by atoms with Crippen molar-refractivity contribution in [1.82, 2.24) is 25.1 Å². The Balaban J connectivity index is 1.42. The second kappa shape index (κ2) is 8.96. The van der Waals surface area contributed by atoms with Gasteiger partial charge >= 0.3 is 0 Å². The van der Waals surface area contributed by atoms with Crippen LogP contribution in [0.2, 0.25) is 0 Å². The van der Waals surface area contributed by atoms with Crippen molar-refractivity contribution < 1.29 is 13.6 Å². The Kier molecular flexibility index (Phi) is 5.84. The first-order valence-corrected chi connectivity index (χ1v) is 11.4. The molecule has 1 amide bonds. The molecule has 3 aromatic heterocycles. The molecule has 0 radical (unpaired) electrons. The maximum atomic E-state index is 14.3. The van der Waals surface area contributed by atoms with Gasteiger partial charge in [-0.3, -0.25) is 9.89 Å². The average molecular weight is 469 g/mol. The number of amides is 1. The minimum atomic E-state index is -1.02. The first-order valence-electron chi connectivity index (χ1n) is 11.4. The van der Waals surface area contributed by atoms with E-state index in [9.17, 15) is 13.6 Å². The van der Waals surface area contributed by atoms with Crippen molar-refractivity contribution in [3.63, 3.8) is 0 Å². The van der Waals surface area contributed by atoms with Crippen molar-refractivity contribution in [2.24, 2.45) is 0 Å². The fourth-order valence-electron chi connectivity index (χ4n) is 4.41. The predicted molar refractivity (Wildman–Crippen MR) is 123 cm³/mol. The molecule has 2 atom stereocenters. The maximum absolute atomic E-state index is 14.3. The van der Waals surface area contributed by atoms with Crippen LogP contribution >= 0.6 is 0 Å². The minimum absolute atomic E-state index is 0.212. The molecule has 5 rings (SSSR count). The van der Waals surface area contributed by atoms with Crippen molar-refractivity contribution >= 4 is 29.2 Å². The number of halogens is 2. The SMILES string of the molecule is CC(C)c1cc(Nc2nc(N3CCC[C@@H]3C(=O)Nc3ccc(F)nc3)nc3c2CC(F)C3)n[nH]1. The van der Waals surface area contributed by atoms with E-state index < -0.39 is 18.2 Å². The van der Waals surface area contributed by atoms with Crippen molar-refractivity contribution in [3.05, 3.63) is 47.3 Å². The molecule has 1 aliphatic heterocycles. The summed E-state index contributed by atoms with van der Waals surface area (Å²) in [6, 6.07) is 4.06. The molecule has 2 aliphatic rings. The van der Waals surface area contributed by atoms with Gasteiger partial charge in [-0.25, -0.2) is 14.4 Å². The zero-order chi connectivity index (χ0) is 23.8. The highest BCUT2D eigenvalue weighted by Crippen LogP contribution is 2.34. The molecule has 0 saturated carbocycles. The molecular formula is C23H26F2N8O. The van der Waals surface area contributed by atoms with Crippen LogP contribution < -0.4 is 15.5 Å². The predicted octanol–water partition coefficient (Wildman–Crippen LogP) is 3.65. The Bertz CT molecular complexity index is 1200. The number of H-pyrrole nitrogens is 1. The van der Waals surface area contributed by atoms with Crippen LogP contribution in [0, 0.1) is 5.95 Å². The molecule has 0 spiro atoms. The Morgan fingerprint density at radius 1 is 1.26 bits per heavy atom. The highest BCUT2D eigenvalue weighted by Gasteiger charge is 2.35. The number of aromatic amines is 1. The summed E-state index contributed by atoms with van der Waals surface area (Å²) in [4.78, 5) is 27.7. The molecule has 9 nitrogen and oxygen atoms in total. The molecule has 1 fully saturated rings. The summed E-state index contributed by atoms with van der Waals surface area (Å²) in [5.74, 6) is 0.903. The Morgan fingerprint density at radius 3 is 2.85 bits per heavy atom. The van der Waals surface area contributed by atoms with Crippen LogP contribution in [0.4, 0.5) is 32.1 Å². The maximum Gasteiger partial charge on any atom is 0.247 e. The van der Waals surface area contributed by atoms with E-state index in [1.165, 1.54) is 18.3 Å². The smallest absolute Gasteiger partial charge is 0.247 e. The molecule has 1 aliphatic carbocycles. The lowest BCUT2D eigenvalue weighted by Crippen LogP contribution is -2.40. The van der Waals surface area contributed by atoms with Crippen LogP contribution in [0.1, 0.15) is 49.6 Å². The average Bonchev–Trinajstić information content (AvgIpc) is 3.54. The van der Waals surface area contributed by atoms with Crippen LogP contribution in [0.25, 0.3) is 0 Å². The lowest BCUT2D eigenvalue weighted by molar-refractivity contribution is -0.117. The number of carbonyl (C=O) groups is 1. The summed E-state index contributed by atoms with van der Waals surface area (Å²) in [7, 11) is 0. The molecule has 1 saturated heterocycles. The van der Waals surface area contributed by atoms with Gasteiger partial charge < -0.3 is 15.5 Å². The fourth-order valence-corrected chi connectivity index (χ4v) is 4.41. The van der Waals surface area contributed by atoms with E-state index in [-0.39, 0.29) is 24.7 Å². The van der Waals surface area contributed by atoms with Crippen molar-refractivity contribution in [2.75, 3.05) is 22.1 Å². The summed E-state index contributed by atoms with van der Waals surface area (Å²) >= 11 is 0. The summed E-state index contributed by atoms with van der Waals surface area (Å²) in [5, 5.41) is 13.3. The van der Waals surface area contributed by atoms with Crippen LogP contribution in [0.15, 0.2) is 24.4 Å². The van der Waals surface area contributed by atoms with E-state index in [0.29, 0.717) is 41.9 Å². The zero-order valence-electron chi connectivity index (χ0n) is 19.0. The number of alkyl halides is 1. The molecule has 11 heteroatoms. The molecule has 3 N–H and O–H groups in total. The van der Waals surface area contributed by atoms with Crippen LogP contribution in [-0.2, 0) is 17.6 Å². The third-order valence-corrected chi connectivity index (χ3v) is 6.19. The van der Waals surface area contributed by atoms with Crippen molar-refractivity contribution in [1.29, 1.82) is 0 Å². The molecule has 0 aromatic carbocycles. The van der Waals surface area contributed by atoms with Crippen molar-refractivity contribution in [2.45, 2.75) is 57.7 Å². The molecule has 1 unspecified atom stereocenters. The Hall–Kier alpha value is -3.63. The van der Waals surface area contributed by atoms with Crippen molar-refractivity contribution in [3.8, 4) is 0 Å². The molecule has 178 valence electrons. The normalized spacial score (nSPS) is 19.5. The number of fused-ring (bicyclic) bond motifs is 1. The van der Waals surface area contributed by atoms with E-state index >= 15 is 0 Å². The first kappa shape index (κ1) is 22.2. The number of hydrogen-bond donors (Lipinski definition) is 3. The van der Waals surface area contributed by atoms with Gasteiger partial charge in [-0.05, 0) is 30.9 Å². The second-order valence-electron chi connectivity index (χ2n) is 9.00. The number of pyridine rings is 1. The molecule has 4 heterocycles. The first-order chi connectivity index (χ1) is 16.4. The highest BCUT2D eigenvalue weighted by atomic mass is 19.1. The number of carbonyl (C=O) groups excluding carboxylic acids is 1. The van der Waals surface area contributed by atoms with Gasteiger partial charge in [0.15, 0.2) is 5.82 Å². The number of aromatic nitrogens is 5. The van der Waals surface area contributed by atoms with E-state index in [0.717, 1.165) is 17.7 Å². The van der Waals surface area contributed by atoms with Gasteiger partial charge in [0.25, 0.3) is 0 Å². The topological polar surface area (TPSA) is 112 Å². The van der Waals surface area contributed by atoms with Gasteiger partial charge in [-0.2, -0.15) is 14.5 Å². The van der Waals surface area contributed by atoms with Gasteiger partial charge in [-0.15, -0.1) is 0 Å². The van der Waals surface area contributed by atoms with Crippen LogP contribution in [0.3, 0.4) is 0 Å². The third-order valence-electron chi connectivity index (χ3n) is 6.19. The van der Waals surface area contributed by atoms with Gasteiger partial charge in [-0.1, -0.05) is 13.8 Å². The summed E-state index contributed by atoms with van der Waals surface area (Å²) < 4.78 is 27.4. The number of anilines is 4. The zero-order valence-corrected chi connectivity index (χ0v) is 19.0. The number of nitrogens with one attached hydrogen (secondary N) is 3. The van der Waals surface area contributed by atoms with Gasteiger partial charge in [0, 0.05) is 36.7 Å². The minimum Gasteiger partial charge on any atom is -0.329 e. The van der Waals surface area contributed by atoms with E-state index in [1.807, 2.05) is 11.0 Å². The summed E-state index contributed by atoms with van der Waals surface area (Å²) in [6.07, 6.45) is 2.11. The highest BCUT2D eigenvalue weighted by molar-refractivity contribution is 5.96. The Labute approximate surface area is 195 Å². The van der Waals surface area contributed by atoms with Crippen LogP contribution in [0.5, 0.6) is 0 Å². The molecule has 34 heavy (non-hydrogen) atoms. The largest absolute Gasteiger partial charge is 0.329 e. The van der Waals surface area contributed by atoms with E-state index in [4.69, 9.17) is 4.98 Å². The lowest BCUT2D eigenvalue weighted by atomic mass is 10.1. The molecule has 0 bridgehead atoms.